The summed E-state index contributed by atoms with van der Waals surface area (Å²) in [6, 6.07) is 22.6. The van der Waals surface area contributed by atoms with Gasteiger partial charge in [0.25, 0.3) is 0 Å². The van der Waals surface area contributed by atoms with Crippen LogP contribution in [0.15, 0.2) is 85.3 Å². The molecule has 5 aromatic rings. The highest BCUT2D eigenvalue weighted by Crippen LogP contribution is 2.37. The minimum Gasteiger partial charge on any atom is -0.368 e. The number of hydrogen-bond donors (Lipinski definition) is 1. The van der Waals surface area contributed by atoms with Crippen LogP contribution in [0.2, 0.25) is 0 Å². The van der Waals surface area contributed by atoms with Crippen LogP contribution in [0.3, 0.4) is 0 Å². The number of nitrogens with zero attached hydrogens (tertiary/aromatic N) is 5. The molecule has 0 radical (unpaired) electrons. The Morgan fingerprint density at radius 2 is 1.57 bits per heavy atom. The van der Waals surface area contributed by atoms with Crippen molar-refractivity contribution in [1.82, 2.24) is 14.9 Å². The van der Waals surface area contributed by atoms with Crippen LogP contribution in [-0.2, 0) is 6.42 Å². The number of nitrogens with one attached hydrogen (secondary N) is 1. The first-order valence-electron chi connectivity index (χ1n) is 13.5. The molecule has 0 spiro atoms. The van der Waals surface area contributed by atoms with E-state index in [-0.39, 0.29) is 18.4 Å². The molecule has 0 aliphatic carbocycles. The van der Waals surface area contributed by atoms with E-state index in [4.69, 9.17) is 0 Å². The van der Waals surface area contributed by atoms with Crippen LogP contribution in [0, 0.1) is 0 Å². The Hall–Kier alpha value is -4.20. The van der Waals surface area contributed by atoms with Gasteiger partial charge < -0.3 is 15.1 Å². The maximum atomic E-state index is 13.7. The number of carbonyl (C=O) groups is 1. The zero-order chi connectivity index (χ0) is 26.3. The van der Waals surface area contributed by atoms with E-state index in [0.717, 1.165) is 76.8 Å². The number of carbonyl (C=O) groups excluding carboxylic acids is 1. The third kappa shape index (κ3) is 4.61. The molecule has 7 nitrogen and oxygen atoms in total. The lowest BCUT2D eigenvalue weighted by Crippen LogP contribution is -2.44. The highest BCUT2D eigenvalue weighted by Gasteiger charge is 2.27. The topological polar surface area (TPSA) is 64.6 Å². The van der Waals surface area contributed by atoms with Crippen molar-refractivity contribution in [3.63, 3.8) is 0 Å². The number of piperazine rings is 1. The molecule has 0 bridgehead atoms. The van der Waals surface area contributed by atoms with Crippen molar-refractivity contribution in [2.45, 2.75) is 6.42 Å². The number of rotatable bonds is 3. The molecule has 40 heavy (non-hydrogen) atoms. The monoisotopic (exact) mass is 550 g/mol. The smallest absolute Gasteiger partial charge is 0.326 e. The predicted molar refractivity (Wildman–Crippen MR) is 166 cm³/mol. The van der Waals surface area contributed by atoms with Crippen LogP contribution in [0.1, 0.15) is 5.56 Å². The normalized spacial score (nSPS) is 15.2. The van der Waals surface area contributed by atoms with E-state index in [2.05, 4.69) is 68.5 Å². The standard InChI is InChI=1S/C32H30N6O.ClH/c1-36-16-18-37(19-17-36)30-10-14-34-29-20-23-11-15-38(31(23)21-27(29)30)32(39)35-28-7-6-24(22-8-12-33-13-9-22)25-4-2-3-5-26(25)28;/h2-10,12-14,20-21H,11,15-19H2,1H3,(H,35,39);1H. The number of hydrogen-bond acceptors (Lipinski definition) is 5. The first-order chi connectivity index (χ1) is 19.2. The molecule has 3 aromatic carbocycles. The number of aromatic nitrogens is 2. The van der Waals surface area contributed by atoms with E-state index in [0.29, 0.717) is 6.54 Å². The summed E-state index contributed by atoms with van der Waals surface area (Å²) in [5, 5.41) is 6.43. The molecule has 202 valence electrons. The van der Waals surface area contributed by atoms with Crippen molar-refractivity contribution in [1.29, 1.82) is 0 Å². The number of amides is 2. The van der Waals surface area contributed by atoms with Crippen molar-refractivity contribution in [2.24, 2.45) is 0 Å². The molecule has 7 rings (SSSR count). The van der Waals surface area contributed by atoms with Gasteiger partial charge in [0.15, 0.2) is 0 Å². The van der Waals surface area contributed by atoms with Gasteiger partial charge in [0, 0.05) is 73.5 Å². The molecule has 8 heteroatoms. The molecule has 2 aliphatic rings. The van der Waals surface area contributed by atoms with E-state index >= 15 is 0 Å². The third-order valence-corrected chi connectivity index (χ3v) is 8.06. The van der Waals surface area contributed by atoms with Crippen LogP contribution < -0.4 is 15.1 Å². The lowest BCUT2D eigenvalue weighted by molar-refractivity contribution is 0.257. The SMILES string of the molecule is CN1CCN(c2ccnc3cc4c(cc23)N(C(=O)Nc2ccc(-c3ccncc3)c3ccccc23)CC4)CC1.Cl. The molecule has 0 unspecified atom stereocenters. The average Bonchev–Trinajstić information content (AvgIpc) is 3.40. The summed E-state index contributed by atoms with van der Waals surface area (Å²) in [7, 11) is 2.17. The van der Waals surface area contributed by atoms with Gasteiger partial charge in [-0.05, 0) is 71.9 Å². The van der Waals surface area contributed by atoms with Crippen molar-refractivity contribution >= 4 is 57.2 Å². The Labute approximate surface area is 239 Å². The largest absolute Gasteiger partial charge is 0.368 e. The second-order valence-electron chi connectivity index (χ2n) is 10.4. The van der Waals surface area contributed by atoms with Gasteiger partial charge >= 0.3 is 6.03 Å². The summed E-state index contributed by atoms with van der Waals surface area (Å²) in [5.74, 6) is 0. The van der Waals surface area contributed by atoms with Crippen LogP contribution in [0.5, 0.6) is 0 Å². The van der Waals surface area contributed by atoms with Crippen LogP contribution in [0.25, 0.3) is 32.8 Å². The lowest BCUT2D eigenvalue weighted by Gasteiger charge is -2.34. The molecule has 2 aliphatic heterocycles. The van der Waals surface area contributed by atoms with Gasteiger partial charge in [-0.25, -0.2) is 4.79 Å². The Morgan fingerprint density at radius 1 is 0.800 bits per heavy atom. The van der Waals surface area contributed by atoms with E-state index in [1.165, 1.54) is 11.3 Å². The predicted octanol–water partition coefficient (Wildman–Crippen LogP) is 6.22. The van der Waals surface area contributed by atoms with E-state index < -0.39 is 0 Å². The first kappa shape index (κ1) is 26.0. The summed E-state index contributed by atoms with van der Waals surface area (Å²) < 4.78 is 0. The van der Waals surface area contributed by atoms with Crippen molar-refractivity contribution < 1.29 is 4.79 Å². The molecule has 1 fully saturated rings. The van der Waals surface area contributed by atoms with Crippen LogP contribution in [0.4, 0.5) is 21.9 Å². The second-order valence-corrected chi connectivity index (χ2v) is 10.4. The Bertz CT molecular complexity index is 1700. The highest BCUT2D eigenvalue weighted by atomic mass is 35.5. The quantitative estimate of drug-likeness (QED) is 0.289. The van der Waals surface area contributed by atoms with Gasteiger partial charge in [-0.2, -0.15) is 0 Å². The summed E-state index contributed by atoms with van der Waals surface area (Å²) in [6.07, 6.45) is 6.33. The Morgan fingerprint density at radius 3 is 2.38 bits per heavy atom. The summed E-state index contributed by atoms with van der Waals surface area (Å²) >= 11 is 0. The summed E-state index contributed by atoms with van der Waals surface area (Å²) in [5.41, 5.74) is 7.35. The second kappa shape index (κ2) is 10.8. The van der Waals surface area contributed by atoms with Crippen molar-refractivity contribution in [3.8, 4) is 11.1 Å². The van der Waals surface area contributed by atoms with Gasteiger partial charge in [0.2, 0.25) is 0 Å². The number of urea groups is 1. The lowest BCUT2D eigenvalue weighted by atomic mass is 9.98. The minimum absolute atomic E-state index is 0. The fourth-order valence-electron chi connectivity index (χ4n) is 5.92. The molecule has 1 saturated heterocycles. The van der Waals surface area contributed by atoms with E-state index in [1.54, 1.807) is 12.4 Å². The Kier molecular flexibility index (Phi) is 7.00. The Balaban J connectivity index is 0.00000289. The zero-order valence-corrected chi connectivity index (χ0v) is 23.2. The molecule has 0 saturated carbocycles. The maximum Gasteiger partial charge on any atom is 0.326 e. The molecule has 2 amide bonds. The van der Waals surface area contributed by atoms with Gasteiger partial charge in [-0.1, -0.05) is 30.3 Å². The fraction of sp³-hybridized carbons (Fsp3) is 0.219. The van der Waals surface area contributed by atoms with Crippen LogP contribution in [-0.4, -0.2) is 60.7 Å². The summed E-state index contributed by atoms with van der Waals surface area (Å²) in [6.45, 7) is 4.70. The van der Waals surface area contributed by atoms with Gasteiger partial charge in [0.05, 0.1) is 11.2 Å². The molecule has 1 N–H and O–H groups in total. The summed E-state index contributed by atoms with van der Waals surface area (Å²) in [4.78, 5) is 29.2. The number of likely N-dealkylation sites (N-methyl/N-ethyl adjacent to an activating group) is 1. The third-order valence-electron chi connectivity index (χ3n) is 8.06. The molecule has 0 atom stereocenters. The average molecular weight is 551 g/mol. The van der Waals surface area contributed by atoms with E-state index in [9.17, 15) is 4.79 Å². The van der Waals surface area contributed by atoms with Crippen LogP contribution >= 0.6 is 12.4 Å². The van der Waals surface area contributed by atoms with Crippen molar-refractivity contribution in [3.05, 3.63) is 90.9 Å². The zero-order valence-electron chi connectivity index (χ0n) is 22.4. The molecular weight excluding hydrogens is 520 g/mol. The fourth-order valence-corrected chi connectivity index (χ4v) is 5.92. The van der Waals surface area contributed by atoms with Gasteiger partial charge in [0.1, 0.15) is 0 Å². The molecular formula is C32H31ClN6O. The number of pyridine rings is 2. The first-order valence-corrected chi connectivity index (χ1v) is 13.5. The van der Waals surface area contributed by atoms with Gasteiger partial charge in [-0.15, -0.1) is 12.4 Å². The molecule has 2 aromatic heterocycles. The van der Waals surface area contributed by atoms with Gasteiger partial charge in [-0.3, -0.25) is 14.9 Å². The minimum atomic E-state index is -0.111. The number of anilines is 3. The molecule has 4 heterocycles. The highest BCUT2D eigenvalue weighted by molar-refractivity contribution is 6.11. The number of halogens is 1. The van der Waals surface area contributed by atoms with E-state index in [1.807, 2.05) is 41.4 Å². The maximum absolute atomic E-state index is 13.7. The number of fused-ring (bicyclic) bond motifs is 3. The number of benzene rings is 3. The van der Waals surface area contributed by atoms with Crippen molar-refractivity contribution in [2.75, 3.05) is 54.9 Å².